The van der Waals surface area contributed by atoms with Gasteiger partial charge in [0.25, 0.3) is 11.5 Å². The highest BCUT2D eigenvalue weighted by Gasteiger charge is 2.13. The molecule has 7 nitrogen and oxygen atoms in total. The predicted molar refractivity (Wildman–Crippen MR) is 102 cm³/mol. The highest BCUT2D eigenvalue weighted by Crippen LogP contribution is 2.28. The van der Waals surface area contributed by atoms with E-state index in [0.717, 1.165) is 0 Å². The number of nitrogens with one attached hydrogen (secondary N) is 1. The second-order valence-corrected chi connectivity index (χ2v) is 5.89. The van der Waals surface area contributed by atoms with Gasteiger partial charge in [0.15, 0.2) is 17.3 Å². The van der Waals surface area contributed by atoms with Gasteiger partial charge in [-0.1, -0.05) is 17.7 Å². The smallest absolute Gasteiger partial charge is 0.298 e. The highest BCUT2D eigenvalue weighted by atomic mass is 35.5. The van der Waals surface area contributed by atoms with Crippen molar-refractivity contribution in [2.75, 3.05) is 19.5 Å². The van der Waals surface area contributed by atoms with Crippen molar-refractivity contribution in [2.24, 2.45) is 0 Å². The summed E-state index contributed by atoms with van der Waals surface area (Å²) in [6.45, 7) is 0. The second kappa shape index (κ2) is 7.92. The largest absolute Gasteiger partial charge is 0.493 e. The minimum Gasteiger partial charge on any atom is -0.493 e. The summed E-state index contributed by atoms with van der Waals surface area (Å²) in [7, 11) is 3.03. The molecule has 0 aliphatic heterocycles. The van der Waals surface area contributed by atoms with Crippen LogP contribution < -0.4 is 20.3 Å². The molecule has 0 saturated carbocycles. The van der Waals surface area contributed by atoms with Crippen LogP contribution in [0.15, 0.2) is 59.7 Å². The molecule has 1 N–H and O–H groups in total. The van der Waals surface area contributed by atoms with E-state index in [9.17, 15) is 9.59 Å². The van der Waals surface area contributed by atoms with Crippen LogP contribution in [-0.4, -0.2) is 29.7 Å². The van der Waals surface area contributed by atoms with E-state index in [-0.39, 0.29) is 5.82 Å². The molecule has 1 aromatic heterocycles. The van der Waals surface area contributed by atoms with Gasteiger partial charge in [0.2, 0.25) is 0 Å². The summed E-state index contributed by atoms with van der Waals surface area (Å²) in [5.74, 6) is 0.436. The summed E-state index contributed by atoms with van der Waals surface area (Å²) in [6.07, 6.45) is 2.92. The minimum absolute atomic E-state index is 0.0998. The van der Waals surface area contributed by atoms with Gasteiger partial charge in [-0.3, -0.25) is 14.2 Å². The second-order valence-electron chi connectivity index (χ2n) is 5.45. The zero-order chi connectivity index (χ0) is 19.4. The number of hydrogen-bond acceptors (Lipinski definition) is 5. The normalized spacial score (nSPS) is 10.3. The summed E-state index contributed by atoms with van der Waals surface area (Å²) >= 11 is 5.90. The molecule has 0 fully saturated rings. The quantitative estimate of drug-likeness (QED) is 0.729. The lowest BCUT2D eigenvalue weighted by molar-refractivity contribution is 0.102. The number of methoxy groups -OCH3 is 2. The van der Waals surface area contributed by atoms with Gasteiger partial charge in [0.1, 0.15) is 0 Å². The monoisotopic (exact) mass is 385 g/mol. The number of hydrogen-bond donors (Lipinski definition) is 1. The molecule has 27 heavy (non-hydrogen) atoms. The van der Waals surface area contributed by atoms with Crippen LogP contribution in [0.2, 0.25) is 5.02 Å². The van der Waals surface area contributed by atoms with Crippen molar-refractivity contribution in [1.29, 1.82) is 0 Å². The molecule has 8 heteroatoms. The molecule has 138 valence electrons. The van der Waals surface area contributed by atoms with Gasteiger partial charge in [0, 0.05) is 29.0 Å². The lowest BCUT2D eigenvalue weighted by Crippen LogP contribution is -2.26. The summed E-state index contributed by atoms with van der Waals surface area (Å²) in [5, 5.41) is 2.94. The number of nitrogens with zero attached hydrogens (tertiary/aromatic N) is 2. The third-order valence-electron chi connectivity index (χ3n) is 3.80. The molecule has 0 radical (unpaired) electrons. The molecule has 3 rings (SSSR count). The Morgan fingerprint density at radius 3 is 2.59 bits per heavy atom. The van der Waals surface area contributed by atoms with Crippen LogP contribution in [0.5, 0.6) is 11.5 Å². The van der Waals surface area contributed by atoms with Crippen molar-refractivity contribution in [3.8, 4) is 17.2 Å². The van der Waals surface area contributed by atoms with Gasteiger partial charge in [-0.05, 0) is 30.3 Å². The van der Waals surface area contributed by atoms with Gasteiger partial charge in [-0.25, -0.2) is 4.98 Å². The molecule has 3 aromatic rings. The van der Waals surface area contributed by atoms with E-state index in [4.69, 9.17) is 21.1 Å². The maximum absolute atomic E-state index is 12.7. The molecule has 2 aromatic carbocycles. The standard InChI is InChI=1S/C19H16ClN3O4/c1-26-15-7-6-14(11-16(15)27-2)23-9-8-21-17(19(23)25)22-18(24)12-4-3-5-13(20)10-12/h3-11H,1-2H3,(H,21,22,24). The molecule has 1 heterocycles. The van der Waals surface area contributed by atoms with Crippen molar-refractivity contribution >= 4 is 23.3 Å². The number of aromatic nitrogens is 2. The molecule has 1 amide bonds. The number of carbonyl (C=O) groups excluding carboxylic acids is 1. The topological polar surface area (TPSA) is 82.5 Å². The van der Waals surface area contributed by atoms with Crippen LogP contribution in [-0.2, 0) is 0 Å². The van der Waals surface area contributed by atoms with E-state index in [2.05, 4.69) is 10.3 Å². The van der Waals surface area contributed by atoms with Crippen molar-refractivity contribution in [3.05, 3.63) is 75.8 Å². The van der Waals surface area contributed by atoms with E-state index in [1.165, 1.54) is 37.2 Å². The van der Waals surface area contributed by atoms with Crippen LogP contribution in [0.25, 0.3) is 5.69 Å². The Hall–Kier alpha value is -3.32. The molecule has 0 spiro atoms. The van der Waals surface area contributed by atoms with Crippen molar-refractivity contribution in [3.63, 3.8) is 0 Å². The maximum Gasteiger partial charge on any atom is 0.298 e. The van der Waals surface area contributed by atoms with Crippen LogP contribution >= 0.6 is 11.6 Å². The Morgan fingerprint density at radius 1 is 1.11 bits per heavy atom. The van der Waals surface area contributed by atoms with E-state index < -0.39 is 11.5 Å². The number of benzene rings is 2. The van der Waals surface area contributed by atoms with E-state index in [0.29, 0.717) is 27.8 Å². The number of carbonyl (C=O) groups is 1. The fourth-order valence-electron chi connectivity index (χ4n) is 2.48. The van der Waals surface area contributed by atoms with Crippen molar-refractivity contribution in [2.45, 2.75) is 0 Å². The number of amides is 1. The van der Waals surface area contributed by atoms with Crippen molar-refractivity contribution < 1.29 is 14.3 Å². The SMILES string of the molecule is COc1ccc(-n2ccnc(NC(=O)c3cccc(Cl)c3)c2=O)cc1OC. The van der Waals surface area contributed by atoms with Gasteiger partial charge < -0.3 is 14.8 Å². The minimum atomic E-state index is -0.486. The van der Waals surface area contributed by atoms with Gasteiger partial charge >= 0.3 is 0 Å². The highest BCUT2D eigenvalue weighted by molar-refractivity contribution is 6.31. The fraction of sp³-hybridized carbons (Fsp3) is 0.105. The first-order valence-electron chi connectivity index (χ1n) is 7.90. The fourth-order valence-corrected chi connectivity index (χ4v) is 2.68. The van der Waals surface area contributed by atoms with E-state index in [1.807, 2.05) is 0 Å². The van der Waals surface area contributed by atoms with Crippen LogP contribution in [0.4, 0.5) is 5.82 Å². The average Bonchev–Trinajstić information content (AvgIpc) is 2.69. The lowest BCUT2D eigenvalue weighted by Gasteiger charge is -2.12. The van der Waals surface area contributed by atoms with Gasteiger partial charge in [-0.2, -0.15) is 0 Å². The Kier molecular flexibility index (Phi) is 5.42. The number of ether oxygens (including phenoxy) is 2. The van der Waals surface area contributed by atoms with Crippen molar-refractivity contribution in [1.82, 2.24) is 9.55 Å². The maximum atomic E-state index is 12.7. The van der Waals surface area contributed by atoms with Crippen LogP contribution in [0.3, 0.4) is 0 Å². The molecular formula is C19H16ClN3O4. The Bertz CT molecular complexity index is 1050. The number of halogens is 1. The molecular weight excluding hydrogens is 370 g/mol. The number of rotatable bonds is 5. The van der Waals surface area contributed by atoms with E-state index >= 15 is 0 Å². The van der Waals surface area contributed by atoms with Gasteiger partial charge in [-0.15, -0.1) is 0 Å². The first kappa shape index (κ1) is 18.5. The molecule has 0 unspecified atom stereocenters. The zero-order valence-electron chi connectivity index (χ0n) is 14.6. The van der Waals surface area contributed by atoms with Crippen LogP contribution in [0, 0.1) is 0 Å². The first-order valence-corrected chi connectivity index (χ1v) is 8.28. The third-order valence-corrected chi connectivity index (χ3v) is 4.04. The van der Waals surface area contributed by atoms with Gasteiger partial charge in [0.05, 0.1) is 19.9 Å². The van der Waals surface area contributed by atoms with Crippen LogP contribution in [0.1, 0.15) is 10.4 Å². The molecule has 0 atom stereocenters. The summed E-state index contributed by atoms with van der Waals surface area (Å²) in [4.78, 5) is 29.1. The third kappa shape index (κ3) is 3.93. The molecule has 0 aliphatic carbocycles. The first-order chi connectivity index (χ1) is 13.0. The lowest BCUT2D eigenvalue weighted by atomic mass is 10.2. The number of anilines is 1. The zero-order valence-corrected chi connectivity index (χ0v) is 15.4. The Balaban J connectivity index is 1.95. The molecule has 0 saturated heterocycles. The molecule has 0 bridgehead atoms. The summed E-state index contributed by atoms with van der Waals surface area (Å²) < 4.78 is 11.8. The summed E-state index contributed by atoms with van der Waals surface area (Å²) in [5.41, 5.74) is 0.378. The Labute approximate surface area is 160 Å². The Morgan fingerprint density at radius 2 is 1.89 bits per heavy atom. The average molecular weight is 386 g/mol. The summed E-state index contributed by atoms with van der Waals surface area (Å²) in [6, 6.07) is 11.4. The van der Waals surface area contributed by atoms with E-state index in [1.54, 1.807) is 36.4 Å². The molecule has 0 aliphatic rings. The predicted octanol–water partition coefficient (Wildman–Crippen LogP) is 3.16.